The van der Waals surface area contributed by atoms with Gasteiger partial charge in [0.2, 0.25) is 5.91 Å². The van der Waals surface area contributed by atoms with Crippen molar-refractivity contribution in [3.8, 4) is 0 Å². The second-order valence-corrected chi connectivity index (χ2v) is 4.90. The number of hydrogen-bond donors (Lipinski definition) is 1. The standard InChI is InChI=1S/C14H17NO/c16-14-8-11(9-15-14)13-7-3-5-10-4-1-2-6-12(10)13/h3,5,7,11H,1-2,4,6,8-9H2,(H,15,16). The van der Waals surface area contributed by atoms with Gasteiger partial charge in [0.25, 0.3) is 0 Å². The highest BCUT2D eigenvalue weighted by Gasteiger charge is 2.26. The Labute approximate surface area is 96.1 Å². The smallest absolute Gasteiger partial charge is 0.220 e. The molecule has 0 saturated carbocycles. The Morgan fingerprint density at radius 3 is 2.88 bits per heavy atom. The van der Waals surface area contributed by atoms with Gasteiger partial charge in [-0.05, 0) is 42.4 Å². The molecule has 1 amide bonds. The summed E-state index contributed by atoms with van der Waals surface area (Å²) in [7, 11) is 0. The fraction of sp³-hybridized carbons (Fsp3) is 0.500. The minimum Gasteiger partial charge on any atom is -0.355 e. The van der Waals surface area contributed by atoms with Crippen molar-refractivity contribution in [3.63, 3.8) is 0 Å². The predicted molar refractivity (Wildman–Crippen MR) is 63.5 cm³/mol. The van der Waals surface area contributed by atoms with Crippen LogP contribution in [0.25, 0.3) is 0 Å². The molecule has 1 fully saturated rings. The fourth-order valence-electron chi connectivity index (χ4n) is 3.02. The minimum absolute atomic E-state index is 0.207. The van der Waals surface area contributed by atoms with Crippen LogP contribution >= 0.6 is 0 Å². The van der Waals surface area contributed by atoms with Crippen molar-refractivity contribution < 1.29 is 4.79 Å². The first-order chi connectivity index (χ1) is 7.84. The quantitative estimate of drug-likeness (QED) is 0.764. The average Bonchev–Trinajstić information content (AvgIpc) is 2.75. The number of benzene rings is 1. The lowest BCUT2D eigenvalue weighted by Crippen LogP contribution is -2.14. The Hall–Kier alpha value is -1.31. The van der Waals surface area contributed by atoms with Crippen LogP contribution in [0.1, 0.15) is 41.9 Å². The molecule has 2 nitrogen and oxygen atoms in total. The van der Waals surface area contributed by atoms with Gasteiger partial charge in [-0.25, -0.2) is 0 Å². The van der Waals surface area contributed by atoms with Crippen molar-refractivity contribution in [2.24, 2.45) is 0 Å². The SMILES string of the molecule is O=C1CC(c2cccc3c2CCCC3)CN1. The first-order valence-electron chi connectivity index (χ1n) is 6.22. The second kappa shape index (κ2) is 3.93. The summed E-state index contributed by atoms with van der Waals surface area (Å²) in [6.07, 6.45) is 5.72. The molecule has 1 atom stereocenters. The molecule has 0 bridgehead atoms. The predicted octanol–water partition coefficient (Wildman–Crippen LogP) is 2.17. The van der Waals surface area contributed by atoms with Crippen LogP contribution in [0.5, 0.6) is 0 Å². The normalized spacial score (nSPS) is 24.0. The third-order valence-corrected chi connectivity index (χ3v) is 3.85. The van der Waals surface area contributed by atoms with Crippen molar-refractivity contribution in [2.75, 3.05) is 6.54 Å². The Morgan fingerprint density at radius 2 is 2.06 bits per heavy atom. The van der Waals surface area contributed by atoms with Crippen molar-refractivity contribution in [2.45, 2.75) is 38.0 Å². The molecular weight excluding hydrogens is 198 g/mol. The lowest BCUT2D eigenvalue weighted by atomic mass is 9.83. The van der Waals surface area contributed by atoms with E-state index in [9.17, 15) is 4.79 Å². The van der Waals surface area contributed by atoms with Crippen LogP contribution in [0.3, 0.4) is 0 Å². The monoisotopic (exact) mass is 215 g/mol. The summed E-state index contributed by atoms with van der Waals surface area (Å²) in [6, 6.07) is 6.62. The molecule has 1 unspecified atom stereocenters. The van der Waals surface area contributed by atoms with E-state index in [-0.39, 0.29) is 5.91 Å². The van der Waals surface area contributed by atoms with Gasteiger partial charge in [0.15, 0.2) is 0 Å². The number of rotatable bonds is 1. The molecule has 0 radical (unpaired) electrons. The summed E-state index contributed by atoms with van der Waals surface area (Å²) < 4.78 is 0. The molecule has 0 aromatic heterocycles. The zero-order valence-corrected chi connectivity index (χ0v) is 9.46. The van der Waals surface area contributed by atoms with Crippen molar-refractivity contribution in [1.82, 2.24) is 5.32 Å². The number of hydrogen-bond acceptors (Lipinski definition) is 1. The topological polar surface area (TPSA) is 29.1 Å². The molecule has 3 rings (SSSR count). The molecule has 0 spiro atoms. The molecule has 1 saturated heterocycles. The average molecular weight is 215 g/mol. The number of fused-ring (bicyclic) bond motifs is 1. The van der Waals surface area contributed by atoms with Gasteiger partial charge < -0.3 is 5.32 Å². The number of carbonyl (C=O) groups excluding carboxylic acids is 1. The van der Waals surface area contributed by atoms with Crippen LogP contribution in [0.4, 0.5) is 0 Å². The van der Waals surface area contributed by atoms with E-state index < -0.39 is 0 Å². The molecule has 84 valence electrons. The van der Waals surface area contributed by atoms with E-state index >= 15 is 0 Å². The van der Waals surface area contributed by atoms with Crippen molar-refractivity contribution in [3.05, 3.63) is 34.9 Å². The molecule has 1 N–H and O–H groups in total. The summed E-state index contributed by atoms with van der Waals surface area (Å²) >= 11 is 0. The van der Waals surface area contributed by atoms with Crippen LogP contribution in [0.2, 0.25) is 0 Å². The van der Waals surface area contributed by atoms with Gasteiger partial charge in [0.1, 0.15) is 0 Å². The Kier molecular flexibility index (Phi) is 2.43. The van der Waals surface area contributed by atoms with Crippen LogP contribution < -0.4 is 5.32 Å². The number of amides is 1. The highest BCUT2D eigenvalue weighted by atomic mass is 16.1. The van der Waals surface area contributed by atoms with Gasteiger partial charge in [-0.2, -0.15) is 0 Å². The highest BCUT2D eigenvalue weighted by molar-refractivity contribution is 5.79. The molecule has 16 heavy (non-hydrogen) atoms. The molecule has 1 aliphatic carbocycles. The van der Waals surface area contributed by atoms with E-state index in [0.29, 0.717) is 12.3 Å². The van der Waals surface area contributed by atoms with E-state index in [1.54, 1.807) is 0 Å². The zero-order valence-electron chi connectivity index (χ0n) is 9.46. The molecule has 1 aliphatic heterocycles. The molecule has 2 aliphatic rings. The summed E-state index contributed by atoms with van der Waals surface area (Å²) in [5, 5.41) is 2.94. The third kappa shape index (κ3) is 1.62. The summed E-state index contributed by atoms with van der Waals surface area (Å²) in [6.45, 7) is 0.829. The van der Waals surface area contributed by atoms with E-state index in [0.717, 1.165) is 6.54 Å². The molecule has 2 heteroatoms. The molecule has 1 heterocycles. The van der Waals surface area contributed by atoms with Gasteiger partial charge in [-0.3, -0.25) is 4.79 Å². The van der Waals surface area contributed by atoms with Crippen LogP contribution in [-0.4, -0.2) is 12.5 Å². The minimum atomic E-state index is 0.207. The second-order valence-electron chi connectivity index (χ2n) is 4.90. The first kappa shape index (κ1) is 9.88. The van der Waals surface area contributed by atoms with Crippen LogP contribution in [-0.2, 0) is 17.6 Å². The van der Waals surface area contributed by atoms with Gasteiger partial charge in [0.05, 0.1) is 0 Å². The Bertz CT molecular complexity index is 425. The fourth-order valence-corrected chi connectivity index (χ4v) is 3.02. The van der Waals surface area contributed by atoms with Gasteiger partial charge in [-0.1, -0.05) is 18.2 Å². The highest BCUT2D eigenvalue weighted by Crippen LogP contribution is 2.32. The zero-order chi connectivity index (χ0) is 11.0. The maximum atomic E-state index is 11.3. The van der Waals surface area contributed by atoms with E-state index in [4.69, 9.17) is 0 Å². The number of carbonyl (C=O) groups is 1. The Morgan fingerprint density at radius 1 is 1.19 bits per heavy atom. The van der Waals surface area contributed by atoms with E-state index in [1.807, 2.05) is 0 Å². The van der Waals surface area contributed by atoms with Gasteiger partial charge in [0, 0.05) is 18.9 Å². The molecule has 1 aromatic carbocycles. The van der Waals surface area contributed by atoms with Gasteiger partial charge in [-0.15, -0.1) is 0 Å². The van der Waals surface area contributed by atoms with E-state index in [2.05, 4.69) is 23.5 Å². The van der Waals surface area contributed by atoms with Crippen LogP contribution in [0.15, 0.2) is 18.2 Å². The summed E-state index contributed by atoms with van der Waals surface area (Å²) in [4.78, 5) is 11.3. The van der Waals surface area contributed by atoms with Gasteiger partial charge >= 0.3 is 0 Å². The first-order valence-corrected chi connectivity index (χ1v) is 6.22. The third-order valence-electron chi connectivity index (χ3n) is 3.85. The number of aryl methyl sites for hydroxylation is 1. The lowest BCUT2D eigenvalue weighted by Gasteiger charge is -2.21. The molecular formula is C14H17NO. The maximum absolute atomic E-state index is 11.3. The molecule has 1 aromatic rings. The van der Waals surface area contributed by atoms with Crippen LogP contribution in [0, 0.1) is 0 Å². The summed E-state index contributed by atoms with van der Waals surface area (Å²) in [5.41, 5.74) is 4.48. The Balaban J connectivity index is 1.97. The maximum Gasteiger partial charge on any atom is 0.220 e. The summed E-state index contributed by atoms with van der Waals surface area (Å²) in [5.74, 6) is 0.624. The van der Waals surface area contributed by atoms with E-state index in [1.165, 1.54) is 42.4 Å². The lowest BCUT2D eigenvalue weighted by molar-refractivity contribution is -0.119. The van der Waals surface area contributed by atoms with Crippen molar-refractivity contribution >= 4 is 5.91 Å². The largest absolute Gasteiger partial charge is 0.355 e. The number of nitrogens with one attached hydrogen (secondary N) is 1. The van der Waals surface area contributed by atoms with Crippen molar-refractivity contribution in [1.29, 1.82) is 0 Å².